The number of rotatable bonds is 1. The van der Waals surface area contributed by atoms with Gasteiger partial charge in [0, 0.05) is 11.8 Å². The summed E-state index contributed by atoms with van der Waals surface area (Å²) in [4.78, 5) is 8.33. The Morgan fingerprint density at radius 3 is 2.10 bits per heavy atom. The van der Waals surface area contributed by atoms with Crippen molar-refractivity contribution < 1.29 is 0 Å². The van der Waals surface area contributed by atoms with Gasteiger partial charge in [0.15, 0.2) is 0 Å². The Morgan fingerprint density at radius 2 is 1.57 bits per heavy atom. The molecule has 0 N–H and O–H groups in total. The molecule has 2 aromatic rings. The van der Waals surface area contributed by atoms with E-state index >= 15 is 0 Å². The van der Waals surface area contributed by atoms with E-state index in [0.29, 0.717) is 0 Å². The van der Waals surface area contributed by atoms with E-state index in [0.717, 1.165) is 11.3 Å². The second-order valence-corrected chi connectivity index (χ2v) is 7.81. The van der Waals surface area contributed by atoms with Crippen molar-refractivity contribution in [2.45, 2.75) is 52.4 Å². The predicted octanol–water partition coefficient (Wildman–Crippen LogP) is 5.39. The molecule has 21 heavy (non-hydrogen) atoms. The van der Waals surface area contributed by atoms with Crippen LogP contribution in [-0.2, 0) is 10.8 Å². The van der Waals surface area contributed by atoms with Gasteiger partial charge in [-0.3, -0.25) is 0 Å². The Balaban J connectivity index is 2.67. The monoisotopic (exact) mass is 302 g/mol. The van der Waals surface area contributed by atoms with Crippen molar-refractivity contribution >= 4 is 11.6 Å². The summed E-state index contributed by atoms with van der Waals surface area (Å²) >= 11 is 5.94. The molecule has 0 radical (unpaired) electrons. The minimum Gasteiger partial charge on any atom is -0.226 e. The van der Waals surface area contributed by atoms with E-state index in [1.165, 1.54) is 11.1 Å². The Bertz CT molecular complexity index is 649. The maximum Gasteiger partial charge on any atom is 0.222 e. The normalized spacial score (nSPS) is 12.5. The molecule has 0 fully saturated rings. The average molecular weight is 303 g/mol. The van der Waals surface area contributed by atoms with Crippen molar-refractivity contribution in [3.63, 3.8) is 0 Å². The van der Waals surface area contributed by atoms with Gasteiger partial charge in [-0.15, -0.1) is 0 Å². The van der Waals surface area contributed by atoms with Gasteiger partial charge in [0.1, 0.15) is 0 Å². The molecule has 0 aliphatic rings. The summed E-state index contributed by atoms with van der Waals surface area (Å²) in [6.45, 7) is 13.4. The van der Waals surface area contributed by atoms with Crippen molar-refractivity contribution in [3.8, 4) is 11.3 Å². The summed E-state index contributed by atoms with van der Waals surface area (Å²) in [5, 5.41) is 0.284. The second-order valence-electron chi connectivity index (χ2n) is 7.47. The van der Waals surface area contributed by atoms with Crippen molar-refractivity contribution in [1.82, 2.24) is 9.97 Å². The zero-order chi connectivity index (χ0) is 15.8. The summed E-state index contributed by atoms with van der Waals surface area (Å²) < 4.78 is 0. The first-order valence-electron chi connectivity index (χ1n) is 7.23. The van der Waals surface area contributed by atoms with Crippen LogP contribution in [0.4, 0.5) is 0 Å². The Hall–Kier alpha value is -1.41. The molecular weight excluding hydrogens is 280 g/mol. The van der Waals surface area contributed by atoms with Gasteiger partial charge >= 0.3 is 0 Å². The smallest absolute Gasteiger partial charge is 0.222 e. The van der Waals surface area contributed by atoms with Crippen LogP contribution in [0, 0.1) is 0 Å². The largest absolute Gasteiger partial charge is 0.226 e. The minimum absolute atomic E-state index is 0.0357. The first-order valence-corrected chi connectivity index (χ1v) is 7.61. The maximum absolute atomic E-state index is 5.94. The van der Waals surface area contributed by atoms with Crippen LogP contribution in [0.25, 0.3) is 11.3 Å². The highest BCUT2D eigenvalue weighted by molar-refractivity contribution is 6.28. The van der Waals surface area contributed by atoms with Crippen LogP contribution in [-0.4, -0.2) is 9.97 Å². The van der Waals surface area contributed by atoms with Crippen LogP contribution in [0.1, 0.15) is 52.7 Å². The van der Waals surface area contributed by atoms with E-state index in [1.807, 2.05) is 6.07 Å². The molecule has 1 aromatic carbocycles. The fraction of sp³-hybridized carbons (Fsp3) is 0.444. The van der Waals surface area contributed by atoms with Gasteiger partial charge in [-0.2, -0.15) is 0 Å². The first kappa shape index (κ1) is 16.0. The molecule has 2 rings (SSSR count). The number of benzene rings is 1. The molecule has 0 spiro atoms. The van der Waals surface area contributed by atoms with Gasteiger partial charge < -0.3 is 0 Å². The summed E-state index contributed by atoms with van der Waals surface area (Å²) in [5.74, 6) is 0. The third kappa shape index (κ3) is 3.62. The second kappa shape index (κ2) is 5.42. The zero-order valence-electron chi connectivity index (χ0n) is 13.7. The number of hydrogen-bond acceptors (Lipinski definition) is 2. The number of aromatic nitrogens is 2. The molecule has 2 nitrogen and oxygen atoms in total. The van der Waals surface area contributed by atoms with E-state index in [1.54, 1.807) is 6.20 Å². The Kier molecular flexibility index (Phi) is 4.12. The third-order valence-electron chi connectivity index (χ3n) is 3.60. The fourth-order valence-electron chi connectivity index (χ4n) is 2.34. The fourth-order valence-corrected chi connectivity index (χ4v) is 2.49. The Labute approximate surface area is 132 Å². The average Bonchev–Trinajstić information content (AvgIpc) is 2.36. The molecule has 0 saturated carbocycles. The van der Waals surface area contributed by atoms with Gasteiger partial charge in [-0.05, 0) is 39.6 Å². The quantitative estimate of drug-likeness (QED) is 0.660. The molecule has 0 saturated heterocycles. The van der Waals surface area contributed by atoms with Crippen LogP contribution in [0.2, 0.25) is 5.28 Å². The van der Waals surface area contributed by atoms with Crippen LogP contribution < -0.4 is 0 Å². The maximum atomic E-state index is 5.94. The lowest BCUT2D eigenvalue weighted by molar-refractivity contribution is 0.569. The lowest BCUT2D eigenvalue weighted by Crippen LogP contribution is -2.17. The third-order valence-corrected chi connectivity index (χ3v) is 3.78. The van der Waals surface area contributed by atoms with Gasteiger partial charge in [0.25, 0.3) is 0 Å². The molecule has 0 bridgehead atoms. The molecule has 0 aliphatic heterocycles. The zero-order valence-corrected chi connectivity index (χ0v) is 14.4. The predicted molar refractivity (Wildman–Crippen MR) is 89.9 cm³/mol. The standard InChI is InChI=1S/C18H23ClN2/c1-17(2,3)12-7-8-13(14(11-12)18(4,5)6)15-9-10-20-16(19)21-15/h7-11H,1-6H3. The summed E-state index contributed by atoms with van der Waals surface area (Å²) in [6, 6.07) is 8.54. The van der Waals surface area contributed by atoms with Gasteiger partial charge in [0.05, 0.1) is 5.69 Å². The van der Waals surface area contributed by atoms with Crippen LogP contribution in [0.3, 0.4) is 0 Å². The van der Waals surface area contributed by atoms with E-state index in [2.05, 4.69) is 69.7 Å². The van der Waals surface area contributed by atoms with Crippen molar-refractivity contribution in [2.24, 2.45) is 0 Å². The molecule has 0 atom stereocenters. The number of hydrogen-bond donors (Lipinski definition) is 0. The summed E-state index contributed by atoms with van der Waals surface area (Å²) in [6.07, 6.45) is 1.70. The molecule has 112 valence electrons. The molecule has 0 aliphatic carbocycles. The molecule has 3 heteroatoms. The minimum atomic E-state index is 0.0357. The lowest BCUT2D eigenvalue weighted by Gasteiger charge is -2.27. The highest BCUT2D eigenvalue weighted by Gasteiger charge is 2.23. The van der Waals surface area contributed by atoms with E-state index < -0.39 is 0 Å². The van der Waals surface area contributed by atoms with Crippen molar-refractivity contribution in [1.29, 1.82) is 0 Å². The van der Waals surface area contributed by atoms with E-state index in [9.17, 15) is 0 Å². The van der Waals surface area contributed by atoms with E-state index in [-0.39, 0.29) is 16.1 Å². The van der Waals surface area contributed by atoms with Gasteiger partial charge in [-0.25, -0.2) is 9.97 Å². The van der Waals surface area contributed by atoms with Crippen LogP contribution >= 0.6 is 11.6 Å². The first-order chi connectivity index (χ1) is 9.59. The van der Waals surface area contributed by atoms with Gasteiger partial charge in [0.2, 0.25) is 5.28 Å². The van der Waals surface area contributed by atoms with Gasteiger partial charge in [-0.1, -0.05) is 59.7 Å². The van der Waals surface area contributed by atoms with Crippen LogP contribution in [0.15, 0.2) is 30.5 Å². The number of halogens is 1. The van der Waals surface area contributed by atoms with Crippen LogP contribution in [0.5, 0.6) is 0 Å². The SMILES string of the molecule is CC(C)(C)c1ccc(-c2ccnc(Cl)n2)c(C(C)(C)C)c1. The van der Waals surface area contributed by atoms with Crippen molar-refractivity contribution in [3.05, 3.63) is 46.9 Å². The lowest BCUT2D eigenvalue weighted by atomic mass is 9.78. The molecule has 1 heterocycles. The summed E-state index contributed by atoms with van der Waals surface area (Å²) in [5.41, 5.74) is 4.77. The topological polar surface area (TPSA) is 25.8 Å². The highest BCUT2D eigenvalue weighted by Crippen LogP contribution is 2.35. The molecule has 0 unspecified atom stereocenters. The molecule has 0 amide bonds. The Morgan fingerprint density at radius 1 is 0.905 bits per heavy atom. The van der Waals surface area contributed by atoms with E-state index in [4.69, 9.17) is 11.6 Å². The number of nitrogens with zero attached hydrogens (tertiary/aromatic N) is 2. The highest BCUT2D eigenvalue weighted by atomic mass is 35.5. The molecule has 1 aromatic heterocycles. The van der Waals surface area contributed by atoms with Crippen molar-refractivity contribution in [2.75, 3.05) is 0 Å². The molecular formula is C18H23ClN2. The summed E-state index contributed by atoms with van der Waals surface area (Å²) in [7, 11) is 0.